The number of benzene rings is 1. The molecule has 2 heterocycles. The minimum Gasteiger partial charge on any atom is -0.314 e. The van der Waals surface area contributed by atoms with Gasteiger partial charge in [-0.2, -0.15) is 0 Å². The molecule has 38 heavy (non-hydrogen) atoms. The van der Waals surface area contributed by atoms with Crippen molar-refractivity contribution in [2.45, 2.75) is 104 Å². The van der Waals surface area contributed by atoms with Crippen LogP contribution < -0.4 is 0 Å². The van der Waals surface area contributed by atoms with Gasteiger partial charge in [-0.1, -0.05) is 31.9 Å². The smallest absolute Gasteiger partial charge is 0.261 e. The Labute approximate surface area is 230 Å². The summed E-state index contributed by atoms with van der Waals surface area (Å²) in [6.45, 7) is 20.2. The summed E-state index contributed by atoms with van der Waals surface area (Å²) in [5, 5.41) is 0. The summed E-state index contributed by atoms with van der Waals surface area (Å²) in [7, 11) is -1.26. The SMILES string of the molecule is [C-]#[N+]CCOP(O[C@H]1CC[C@@H](CC)N1CCCCCCN1C(=O)c2ccccc2C1=O)N(C(C)C)C(C)C. The maximum atomic E-state index is 12.6. The average molecular weight is 545 g/mol. The second-order valence-electron chi connectivity index (χ2n) is 10.7. The molecule has 210 valence electrons. The molecule has 3 atom stereocenters. The van der Waals surface area contributed by atoms with Gasteiger partial charge in [0.1, 0.15) is 12.8 Å². The van der Waals surface area contributed by atoms with Crippen molar-refractivity contribution in [3.8, 4) is 0 Å². The van der Waals surface area contributed by atoms with Crippen molar-refractivity contribution in [1.29, 1.82) is 0 Å². The van der Waals surface area contributed by atoms with Crippen molar-refractivity contribution in [2.24, 2.45) is 0 Å². The van der Waals surface area contributed by atoms with E-state index in [0.29, 0.717) is 36.9 Å². The summed E-state index contributed by atoms with van der Waals surface area (Å²) in [6, 6.07) is 8.15. The van der Waals surface area contributed by atoms with Gasteiger partial charge in [0, 0.05) is 31.2 Å². The van der Waals surface area contributed by atoms with E-state index in [9.17, 15) is 9.59 Å². The third kappa shape index (κ3) is 7.61. The topological polar surface area (TPSA) is 66.7 Å². The van der Waals surface area contributed by atoms with E-state index in [2.05, 4.69) is 49.0 Å². The number of fused-ring (bicyclic) bond motifs is 1. The molecule has 3 rings (SSSR count). The summed E-state index contributed by atoms with van der Waals surface area (Å²) in [5.41, 5.74) is 1.05. The Bertz CT molecular complexity index is 923. The molecule has 9 heteroatoms. The Morgan fingerprint density at radius 3 is 2.16 bits per heavy atom. The highest BCUT2D eigenvalue weighted by Crippen LogP contribution is 2.49. The first-order chi connectivity index (χ1) is 18.3. The van der Waals surface area contributed by atoms with Gasteiger partial charge in [-0.3, -0.25) is 19.4 Å². The van der Waals surface area contributed by atoms with E-state index in [4.69, 9.17) is 15.6 Å². The number of nitrogens with zero attached hydrogens (tertiary/aromatic N) is 4. The van der Waals surface area contributed by atoms with Crippen molar-refractivity contribution in [3.63, 3.8) is 0 Å². The number of imide groups is 1. The van der Waals surface area contributed by atoms with Crippen LogP contribution in [-0.4, -0.2) is 76.9 Å². The van der Waals surface area contributed by atoms with Crippen molar-refractivity contribution in [1.82, 2.24) is 14.5 Å². The van der Waals surface area contributed by atoms with E-state index >= 15 is 0 Å². The summed E-state index contributed by atoms with van der Waals surface area (Å²) in [6.07, 6.45) is 7.12. The highest BCUT2D eigenvalue weighted by Gasteiger charge is 2.38. The number of carbonyl (C=O) groups is 2. The first-order valence-corrected chi connectivity index (χ1v) is 15.3. The van der Waals surface area contributed by atoms with E-state index in [0.717, 1.165) is 51.5 Å². The lowest BCUT2D eigenvalue weighted by Gasteiger charge is -2.38. The molecule has 1 unspecified atom stereocenters. The molecule has 2 amide bonds. The second-order valence-corrected chi connectivity index (χ2v) is 12.1. The largest absolute Gasteiger partial charge is 0.314 e. The van der Waals surface area contributed by atoms with Gasteiger partial charge in [0.25, 0.3) is 20.3 Å². The van der Waals surface area contributed by atoms with Gasteiger partial charge in [0.05, 0.1) is 11.1 Å². The zero-order chi connectivity index (χ0) is 27.7. The minimum absolute atomic E-state index is 0.0253. The fraction of sp³-hybridized carbons (Fsp3) is 0.690. The number of carbonyl (C=O) groups excluding carboxylic acids is 2. The average Bonchev–Trinajstić information content (AvgIpc) is 3.38. The van der Waals surface area contributed by atoms with E-state index < -0.39 is 8.53 Å². The van der Waals surface area contributed by atoms with Gasteiger partial charge >= 0.3 is 0 Å². The van der Waals surface area contributed by atoms with Crippen LogP contribution in [0.15, 0.2) is 24.3 Å². The molecular weight excluding hydrogens is 499 g/mol. The third-order valence-electron chi connectivity index (χ3n) is 7.35. The molecule has 2 aliphatic rings. The molecule has 1 aromatic rings. The molecule has 0 bridgehead atoms. The van der Waals surface area contributed by atoms with Crippen molar-refractivity contribution in [3.05, 3.63) is 46.8 Å². The fourth-order valence-corrected chi connectivity index (χ4v) is 7.26. The molecule has 1 fully saturated rings. The van der Waals surface area contributed by atoms with Crippen molar-refractivity contribution in [2.75, 3.05) is 26.2 Å². The maximum Gasteiger partial charge on any atom is 0.261 e. The summed E-state index contributed by atoms with van der Waals surface area (Å²) in [4.78, 5) is 32.5. The molecule has 0 N–H and O–H groups in total. The molecule has 1 saturated heterocycles. The van der Waals surface area contributed by atoms with E-state index in [1.165, 1.54) is 4.90 Å². The van der Waals surface area contributed by atoms with E-state index in [1.54, 1.807) is 24.3 Å². The molecule has 0 saturated carbocycles. The van der Waals surface area contributed by atoms with Crippen LogP contribution >= 0.6 is 8.53 Å². The van der Waals surface area contributed by atoms with Crippen LogP contribution in [0, 0.1) is 6.57 Å². The predicted octanol–water partition coefficient (Wildman–Crippen LogP) is 6.34. The van der Waals surface area contributed by atoms with Gasteiger partial charge < -0.3 is 13.9 Å². The number of amides is 2. The van der Waals surface area contributed by atoms with E-state index in [1.807, 2.05) is 0 Å². The number of rotatable bonds is 16. The lowest BCUT2D eigenvalue weighted by molar-refractivity contribution is 0.0200. The zero-order valence-electron chi connectivity index (χ0n) is 23.8. The highest BCUT2D eigenvalue weighted by molar-refractivity contribution is 7.44. The molecule has 2 aliphatic heterocycles. The van der Waals surface area contributed by atoms with E-state index in [-0.39, 0.29) is 30.1 Å². The molecule has 0 spiro atoms. The van der Waals surface area contributed by atoms with Crippen LogP contribution in [0.5, 0.6) is 0 Å². The Hall–Kier alpha value is -1.88. The lowest BCUT2D eigenvalue weighted by Crippen LogP contribution is -2.40. The summed E-state index contributed by atoms with van der Waals surface area (Å²) in [5.74, 6) is -0.333. The summed E-state index contributed by atoms with van der Waals surface area (Å²) >= 11 is 0. The van der Waals surface area contributed by atoms with Crippen LogP contribution in [0.1, 0.15) is 100 Å². The quantitative estimate of drug-likeness (QED) is 0.105. The van der Waals surface area contributed by atoms with Crippen molar-refractivity contribution >= 4 is 20.3 Å². The first-order valence-electron chi connectivity index (χ1n) is 14.2. The molecule has 8 nitrogen and oxygen atoms in total. The summed E-state index contributed by atoms with van der Waals surface area (Å²) < 4.78 is 15.2. The number of unbranched alkanes of at least 4 members (excludes halogenated alkanes) is 3. The van der Waals surface area contributed by atoms with Crippen LogP contribution in [0.3, 0.4) is 0 Å². The Morgan fingerprint density at radius 1 is 1.00 bits per heavy atom. The minimum atomic E-state index is -1.26. The number of hydrogen-bond acceptors (Lipinski definition) is 6. The monoisotopic (exact) mass is 544 g/mol. The number of hydrogen-bond donors (Lipinski definition) is 0. The standard InChI is InChI=1S/C29H45N4O4P/c1-7-24-16-17-27(37-38(36-21-18-30-6)33(22(2)3)23(4)5)31(24)19-12-8-9-13-20-32-28(34)25-14-10-11-15-26(25)29(32)35/h10-11,14-15,22-24,27H,7-9,12-13,16-21H2,1-5H3/t24-,27+,38?/m1/s1. The Kier molecular flexibility index (Phi) is 12.1. The molecule has 0 aliphatic carbocycles. The molecule has 1 aromatic carbocycles. The zero-order valence-corrected chi connectivity index (χ0v) is 24.7. The van der Waals surface area contributed by atoms with Crippen LogP contribution in [0.4, 0.5) is 0 Å². The second kappa shape index (κ2) is 15.1. The van der Waals surface area contributed by atoms with Gasteiger partial charge in [-0.15, -0.1) is 0 Å². The predicted molar refractivity (Wildman–Crippen MR) is 152 cm³/mol. The van der Waals surface area contributed by atoms with Crippen LogP contribution in [0.25, 0.3) is 4.85 Å². The third-order valence-corrected chi connectivity index (χ3v) is 9.47. The Morgan fingerprint density at radius 2 is 1.61 bits per heavy atom. The Balaban J connectivity index is 1.49. The van der Waals surface area contributed by atoms with Gasteiger partial charge in [-0.25, -0.2) is 11.2 Å². The van der Waals surface area contributed by atoms with Gasteiger partial charge in [0.2, 0.25) is 6.54 Å². The normalized spacial score (nSPS) is 20.7. The fourth-order valence-electron chi connectivity index (χ4n) is 5.53. The van der Waals surface area contributed by atoms with Gasteiger partial charge in [-0.05, 0) is 71.9 Å². The molecule has 0 aromatic heterocycles. The maximum absolute atomic E-state index is 12.6. The molecular formula is C29H45N4O4P. The molecule has 0 radical (unpaired) electrons. The highest BCUT2D eigenvalue weighted by atomic mass is 31.2. The number of likely N-dealkylation sites (tertiary alicyclic amines) is 1. The van der Waals surface area contributed by atoms with Crippen LogP contribution in [0.2, 0.25) is 0 Å². The van der Waals surface area contributed by atoms with Crippen LogP contribution in [-0.2, 0) is 9.05 Å². The van der Waals surface area contributed by atoms with Gasteiger partial charge in [0.15, 0.2) is 0 Å². The van der Waals surface area contributed by atoms with Crippen molar-refractivity contribution < 1.29 is 18.6 Å². The lowest BCUT2D eigenvalue weighted by atomic mass is 10.1. The first kappa shape index (κ1) is 30.7.